The zero-order chi connectivity index (χ0) is 24.7. The molecule has 2 aliphatic carbocycles. The lowest BCUT2D eigenvalue weighted by Gasteiger charge is -2.27. The van der Waals surface area contributed by atoms with Crippen molar-refractivity contribution in [3.8, 4) is 11.5 Å². The zero-order valence-corrected chi connectivity index (χ0v) is 22.3. The third-order valence-corrected chi connectivity index (χ3v) is 9.06. The molecular weight excluding hydrogens is 586 g/mol. The third kappa shape index (κ3) is 4.42. The van der Waals surface area contributed by atoms with E-state index in [1.165, 1.54) is 6.21 Å². The van der Waals surface area contributed by atoms with E-state index in [9.17, 15) is 14.4 Å². The van der Waals surface area contributed by atoms with Gasteiger partial charge in [-0.1, -0.05) is 12.2 Å². The van der Waals surface area contributed by atoms with Crippen molar-refractivity contribution in [2.75, 3.05) is 39.5 Å². The van der Waals surface area contributed by atoms with Gasteiger partial charge in [0.25, 0.3) is 17.7 Å². The van der Waals surface area contributed by atoms with Gasteiger partial charge in [0.2, 0.25) is 0 Å². The summed E-state index contributed by atoms with van der Waals surface area (Å²) in [6.45, 7) is 4.17. The Morgan fingerprint density at radius 1 is 1.11 bits per heavy atom. The number of benzene rings is 1. The Bertz CT molecular complexity index is 1090. The number of morpholine rings is 1. The number of carbonyl (C=O) groups is 3. The number of imide groups is 1. The van der Waals surface area contributed by atoms with Crippen LogP contribution in [0.3, 0.4) is 0 Å². The Morgan fingerprint density at radius 3 is 2.40 bits per heavy atom. The van der Waals surface area contributed by atoms with E-state index in [2.05, 4.69) is 49.1 Å². The van der Waals surface area contributed by atoms with Crippen LogP contribution in [0.15, 0.2) is 32.3 Å². The first-order valence-corrected chi connectivity index (χ1v) is 13.2. The monoisotopic (exact) mass is 609 g/mol. The second-order valence-corrected chi connectivity index (χ2v) is 10.5. The first kappa shape index (κ1) is 24.5. The number of nitrogens with zero attached hydrogens (tertiary/aromatic N) is 3. The van der Waals surface area contributed by atoms with Crippen molar-refractivity contribution in [2.45, 2.75) is 13.3 Å². The van der Waals surface area contributed by atoms with Gasteiger partial charge in [-0.15, -0.1) is 0 Å². The lowest BCUT2D eigenvalue weighted by molar-refractivity contribution is -0.140. The molecule has 5 rings (SSSR count). The number of carbonyl (C=O) groups excluding carboxylic acids is 3. The average Bonchev–Trinajstić information content (AvgIpc) is 3.55. The molecule has 186 valence electrons. The Labute approximate surface area is 219 Å². The Kier molecular flexibility index (Phi) is 7.00. The van der Waals surface area contributed by atoms with Crippen LogP contribution in [0.1, 0.15) is 18.9 Å². The number of hydrazone groups is 1. The summed E-state index contributed by atoms with van der Waals surface area (Å²) >= 11 is 7.06. The maximum atomic E-state index is 12.9. The van der Waals surface area contributed by atoms with Crippen LogP contribution in [0.25, 0.3) is 0 Å². The van der Waals surface area contributed by atoms with Crippen molar-refractivity contribution in [3.05, 3.63) is 32.7 Å². The number of halogens is 2. The molecule has 2 bridgehead atoms. The highest BCUT2D eigenvalue weighted by Crippen LogP contribution is 2.52. The molecule has 0 radical (unpaired) electrons. The second-order valence-electron chi connectivity index (χ2n) is 8.87. The fraction of sp³-hybridized carbons (Fsp3) is 0.500. The molecule has 2 aliphatic heterocycles. The fourth-order valence-corrected chi connectivity index (χ4v) is 6.19. The van der Waals surface area contributed by atoms with Crippen LogP contribution >= 0.6 is 31.9 Å². The van der Waals surface area contributed by atoms with Crippen LogP contribution in [0.2, 0.25) is 0 Å². The third-order valence-electron chi connectivity index (χ3n) is 6.92. The molecule has 1 aromatic carbocycles. The molecule has 1 aromatic rings. The minimum Gasteiger partial charge on any atom is -0.490 e. The molecule has 2 heterocycles. The van der Waals surface area contributed by atoms with Gasteiger partial charge in [-0.3, -0.25) is 14.4 Å². The molecule has 4 atom stereocenters. The summed E-state index contributed by atoms with van der Waals surface area (Å²) in [5, 5.41) is 5.27. The van der Waals surface area contributed by atoms with Crippen molar-refractivity contribution in [1.29, 1.82) is 0 Å². The fourth-order valence-electron chi connectivity index (χ4n) is 5.25. The van der Waals surface area contributed by atoms with E-state index in [4.69, 9.17) is 14.2 Å². The molecule has 0 N–H and O–H groups in total. The molecule has 3 amide bonds. The highest BCUT2D eigenvalue weighted by Gasteiger charge is 2.59. The summed E-state index contributed by atoms with van der Waals surface area (Å²) in [4.78, 5) is 40.1. The summed E-state index contributed by atoms with van der Waals surface area (Å²) in [6.07, 6.45) is 6.44. The molecule has 35 heavy (non-hydrogen) atoms. The Balaban J connectivity index is 1.34. The zero-order valence-electron chi connectivity index (χ0n) is 19.1. The number of rotatable bonds is 7. The maximum Gasteiger partial charge on any atom is 0.260 e. The minimum atomic E-state index is -0.302. The van der Waals surface area contributed by atoms with E-state index < -0.39 is 0 Å². The van der Waals surface area contributed by atoms with Gasteiger partial charge < -0.3 is 19.1 Å². The lowest BCUT2D eigenvalue weighted by atomic mass is 9.85. The molecule has 11 heteroatoms. The van der Waals surface area contributed by atoms with Gasteiger partial charge in [0, 0.05) is 23.1 Å². The van der Waals surface area contributed by atoms with Crippen LogP contribution in [-0.2, 0) is 19.1 Å². The van der Waals surface area contributed by atoms with E-state index in [-0.39, 0.29) is 48.0 Å². The van der Waals surface area contributed by atoms with Crippen molar-refractivity contribution >= 4 is 55.8 Å². The van der Waals surface area contributed by atoms with Crippen LogP contribution < -0.4 is 9.47 Å². The lowest BCUT2D eigenvalue weighted by Crippen LogP contribution is -2.43. The van der Waals surface area contributed by atoms with Gasteiger partial charge in [-0.25, -0.2) is 0 Å². The summed E-state index contributed by atoms with van der Waals surface area (Å²) < 4.78 is 18.1. The summed E-state index contributed by atoms with van der Waals surface area (Å²) in [7, 11) is 0. The summed E-state index contributed by atoms with van der Waals surface area (Å²) in [5.41, 5.74) is 0.589. The molecule has 0 aromatic heterocycles. The quantitative estimate of drug-likeness (QED) is 0.267. The first-order valence-electron chi connectivity index (χ1n) is 11.6. The standard InChI is InChI=1S/C24H25Br2N3O6/c1-2-34-16-10-15(11-27-29-23(31)18-13-3-4-14(9-13)19(18)24(29)32)20(25)21(26)22(16)35-12-17(30)28-5-7-33-8-6-28/h3-4,10-11,13-14,18-19H,2,5-9,12H2,1H3/t13-,14-,18-,19+/m0/s1. The highest BCUT2D eigenvalue weighted by atomic mass is 79.9. The summed E-state index contributed by atoms with van der Waals surface area (Å²) in [5.74, 6) is -0.172. The van der Waals surface area contributed by atoms with Gasteiger partial charge in [-0.2, -0.15) is 10.1 Å². The van der Waals surface area contributed by atoms with Gasteiger partial charge in [0.15, 0.2) is 18.1 Å². The first-order chi connectivity index (χ1) is 16.9. The van der Waals surface area contributed by atoms with E-state index in [0.717, 1.165) is 11.4 Å². The van der Waals surface area contributed by atoms with Crippen molar-refractivity contribution in [3.63, 3.8) is 0 Å². The number of hydrogen-bond donors (Lipinski definition) is 0. The summed E-state index contributed by atoms with van der Waals surface area (Å²) in [6, 6.07) is 1.70. The SMILES string of the molecule is CCOc1cc(C=NN2C(=O)[C@@H]3[C@H](C2=O)[C@H]2C=C[C@H]3C2)c(Br)c(Br)c1OCC(=O)N1CCOCC1. The maximum absolute atomic E-state index is 12.9. The Morgan fingerprint density at radius 2 is 1.77 bits per heavy atom. The number of amides is 3. The molecular formula is C24H25Br2N3O6. The van der Waals surface area contributed by atoms with E-state index in [0.29, 0.717) is 58.9 Å². The minimum absolute atomic E-state index is 0.128. The second kappa shape index (κ2) is 10.0. The van der Waals surface area contributed by atoms with Crippen LogP contribution in [0.5, 0.6) is 11.5 Å². The van der Waals surface area contributed by atoms with Gasteiger partial charge in [0.1, 0.15) is 0 Å². The number of fused-ring (bicyclic) bond motifs is 5. The largest absolute Gasteiger partial charge is 0.490 e. The number of allylic oxidation sites excluding steroid dienone is 2. The van der Waals surface area contributed by atoms with Crippen molar-refractivity contribution in [2.24, 2.45) is 28.8 Å². The van der Waals surface area contributed by atoms with Crippen LogP contribution in [-0.4, -0.2) is 73.4 Å². The van der Waals surface area contributed by atoms with Crippen LogP contribution in [0, 0.1) is 23.7 Å². The van der Waals surface area contributed by atoms with E-state index in [1.54, 1.807) is 11.0 Å². The smallest absolute Gasteiger partial charge is 0.260 e. The topological polar surface area (TPSA) is 97.7 Å². The predicted molar refractivity (Wildman–Crippen MR) is 133 cm³/mol. The average molecular weight is 611 g/mol. The molecule has 4 aliphatic rings. The number of ether oxygens (including phenoxy) is 3. The van der Waals surface area contributed by atoms with E-state index >= 15 is 0 Å². The number of hydrogen-bond acceptors (Lipinski definition) is 7. The van der Waals surface area contributed by atoms with Crippen molar-refractivity contribution in [1.82, 2.24) is 9.91 Å². The molecule has 2 saturated heterocycles. The molecule has 0 unspecified atom stereocenters. The molecule has 9 nitrogen and oxygen atoms in total. The molecule has 1 saturated carbocycles. The molecule has 3 fully saturated rings. The van der Waals surface area contributed by atoms with Gasteiger partial charge in [0.05, 0.1) is 42.3 Å². The predicted octanol–water partition coefficient (Wildman–Crippen LogP) is 2.99. The van der Waals surface area contributed by atoms with E-state index in [1.807, 2.05) is 6.92 Å². The molecule has 0 spiro atoms. The highest BCUT2D eigenvalue weighted by molar-refractivity contribution is 9.13. The van der Waals surface area contributed by atoms with Gasteiger partial charge >= 0.3 is 0 Å². The van der Waals surface area contributed by atoms with Crippen molar-refractivity contribution < 1.29 is 28.6 Å². The normalized spacial score (nSPS) is 27.3. The van der Waals surface area contributed by atoms with Gasteiger partial charge in [-0.05, 0) is 63.1 Å². The van der Waals surface area contributed by atoms with Crippen LogP contribution in [0.4, 0.5) is 0 Å². The Hall–Kier alpha value is -2.24.